The molecule has 5 aliphatic rings. The fourth-order valence-electron chi connectivity index (χ4n) is 7.03. The van der Waals surface area contributed by atoms with Crippen molar-refractivity contribution in [1.82, 2.24) is 15.7 Å². The van der Waals surface area contributed by atoms with Gasteiger partial charge >= 0.3 is 17.9 Å². The number of fused-ring (bicyclic) bond motifs is 4. The van der Waals surface area contributed by atoms with Crippen molar-refractivity contribution in [3.8, 4) is 0 Å². The topological polar surface area (TPSA) is 208 Å². The number of nitrogens with one attached hydrogen (secondary N) is 2. The summed E-state index contributed by atoms with van der Waals surface area (Å²) in [6, 6.07) is 4.37. The molecule has 2 amide bonds. The third kappa shape index (κ3) is 6.08. The zero-order chi connectivity index (χ0) is 34.4. The number of hydrogen-bond acceptors (Lipinski definition) is 14. The fourth-order valence-corrected chi connectivity index (χ4v) is 7.03. The first-order valence-electron chi connectivity index (χ1n) is 15.7. The van der Waals surface area contributed by atoms with E-state index in [1.807, 2.05) is 0 Å². The van der Waals surface area contributed by atoms with Crippen LogP contribution >= 0.6 is 0 Å². The van der Waals surface area contributed by atoms with Gasteiger partial charge in [0, 0.05) is 24.5 Å². The molecule has 260 valence electrons. The predicted molar refractivity (Wildman–Crippen MR) is 160 cm³/mol. The van der Waals surface area contributed by atoms with Gasteiger partial charge in [-0.15, -0.1) is 0 Å². The van der Waals surface area contributed by atoms with Crippen LogP contribution < -0.4 is 10.6 Å². The highest BCUT2D eigenvalue weighted by Gasteiger charge is 2.74. The molecule has 0 unspecified atom stereocenters. The molecule has 1 aromatic rings. The number of carbonyl (C=O) groups is 5. The number of cyclic esters (lactones) is 1. The quantitative estimate of drug-likeness (QED) is 0.123. The number of rotatable bonds is 11. The molecule has 5 fully saturated rings. The van der Waals surface area contributed by atoms with Gasteiger partial charge in [0.15, 0.2) is 6.04 Å². The average Bonchev–Trinajstić information content (AvgIpc) is 3.74. The molecular weight excluding hydrogens is 634 g/mol. The Morgan fingerprint density at radius 2 is 1.94 bits per heavy atom. The lowest BCUT2D eigenvalue weighted by atomic mass is 9.62. The van der Waals surface area contributed by atoms with E-state index in [0.717, 1.165) is 0 Å². The third-order valence-corrected chi connectivity index (χ3v) is 9.40. The zero-order valence-corrected chi connectivity index (χ0v) is 26.7. The molecule has 4 N–H and O–H groups in total. The molecule has 1 aromatic carbocycles. The number of carbonyl (C=O) groups excluding carboxylic acids is 5. The number of hydroxylamine groups is 2. The first-order chi connectivity index (χ1) is 22.9. The molecule has 4 aliphatic heterocycles. The van der Waals surface area contributed by atoms with Crippen LogP contribution in [-0.2, 0) is 59.0 Å². The molecule has 4 heterocycles. The molecule has 48 heavy (non-hydrogen) atoms. The zero-order valence-electron chi connectivity index (χ0n) is 26.7. The summed E-state index contributed by atoms with van der Waals surface area (Å²) in [6.45, 7) is 4.51. The van der Waals surface area contributed by atoms with E-state index in [1.165, 1.54) is 24.1 Å². The second-order valence-corrected chi connectivity index (χ2v) is 13.3. The van der Waals surface area contributed by atoms with Crippen LogP contribution in [0.25, 0.3) is 6.08 Å². The van der Waals surface area contributed by atoms with Crippen LogP contribution in [0.3, 0.4) is 0 Å². The number of aliphatic hydroxyl groups is 2. The number of esters is 3. The Hall–Kier alpha value is -3.93. The van der Waals surface area contributed by atoms with Crippen LogP contribution in [0.5, 0.6) is 0 Å². The van der Waals surface area contributed by atoms with Gasteiger partial charge in [-0.3, -0.25) is 19.2 Å². The minimum atomic E-state index is -1.57. The Kier molecular flexibility index (Phi) is 9.32. The minimum absolute atomic E-state index is 0.0131. The van der Waals surface area contributed by atoms with E-state index in [1.54, 1.807) is 38.1 Å². The van der Waals surface area contributed by atoms with Crippen LogP contribution in [0.2, 0.25) is 0 Å². The molecule has 1 aliphatic carbocycles. The highest BCUT2D eigenvalue weighted by Crippen LogP contribution is 2.55. The first-order valence-corrected chi connectivity index (χ1v) is 15.7. The summed E-state index contributed by atoms with van der Waals surface area (Å²) >= 11 is 0. The van der Waals surface area contributed by atoms with Gasteiger partial charge in [-0.1, -0.05) is 38.1 Å². The minimum Gasteiger partial charge on any atom is -0.462 e. The molecule has 0 radical (unpaired) electrons. The molecule has 0 spiro atoms. The maximum Gasteiger partial charge on any atom is 0.348 e. The lowest BCUT2D eigenvalue weighted by Crippen LogP contribution is -2.71. The maximum absolute atomic E-state index is 14.3. The summed E-state index contributed by atoms with van der Waals surface area (Å²) in [4.78, 5) is 71.6. The van der Waals surface area contributed by atoms with Crippen LogP contribution in [0.15, 0.2) is 30.3 Å². The first kappa shape index (κ1) is 34.0. The van der Waals surface area contributed by atoms with Gasteiger partial charge in [0.1, 0.15) is 49.3 Å². The lowest BCUT2D eigenvalue weighted by Gasteiger charge is -2.49. The molecule has 0 aromatic heterocycles. The standard InChI is InChI=1S/C32H39N3O13/c1-16(37)21(27(39)33-9-10-36)34-30(42)32-12-19-22-23(45-15-44-22)25(32)48-35(24(32)28(40)46-19)13-18-6-4-5-17(11-18)7-8-20(38)47-26-29(41)43-14-31(26,2)3/h4-8,11,16,19,21-26,36-37H,9-10,12-15H2,1-3H3,(H,33,39)(H,34,42)/t16-,19+,21+,22-,23-,24-,25+,26-,32-/m0/s1. The molecule has 16 nitrogen and oxygen atoms in total. The molecule has 2 bridgehead atoms. The lowest BCUT2D eigenvalue weighted by molar-refractivity contribution is -0.201. The highest BCUT2D eigenvalue weighted by atomic mass is 16.8. The van der Waals surface area contributed by atoms with Gasteiger partial charge in [-0.25, -0.2) is 9.59 Å². The van der Waals surface area contributed by atoms with E-state index in [9.17, 15) is 29.1 Å². The fraction of sp³-hybridized carbons (Fsp3) is 0.594. The monoisotopic (exact) mass is 673 g/mol. The summed E-state index contributed by atoms with van der Waals surface area (Å²) in [5.41, 5.74) is -0.966. The summed E-state index contributed by atoms with van der Waals surface area (Å²) in [5.74, 6) is -3.45. The van der Waals surface area contributed by atoms with Gasteiger partial charge < -0.3 is 44.5 Å². The normalized spacial score (nSPS) is 33.0. The Labute approximate surface area is 275 Å². The van der Waals surface area contributed by atoms with E-state index >= 15 is 0 Å². The van der Waals surface area contributed by atoms with Crippen LogP contribution in [0, 0.1) is 10.8 Å². The van der Waals surface area contributed by atoms with E-state index < -0.39 is 89.3 Å². The third-order valence-electron chi connectivity index (χ3n) is 9.40. The number of hydrogen-bond donors (Lipinski definition) is 4. The summed E-state index contributed by atoms with van der Waals surface area (Å²) in [6.07, 6.45) is -2.85. The number of amides is 2. The van der Waals surface area contributed by atoms with E-state index in [2.05, 4.69) is 10.6 Å². The number of ether oxygens (including phenoxy) is 5. The maximum atomic E-state index is 14.3. The van der Waals surface area contributed by atoms with Crippen molar-refractivity contribution < 1.29 is 62.7 Å². The van der Waals surface area contributed by atoms with Crippen LogP contribution in [0.4, 0.5) is 0 Å². The van der Waals surface area contributed by atoms with Crippen molar-refractivity contribution in [2.45, 2.75) is 82.4 Å². The van der Waals surface area contributed by atoms with Gasteiger partial charge in [-0.2, -0.15) is 5.06 Å². The molecule has 16 heteroatoms. The summed E-state index contributed by atoms with van der Waals surface area (Å²) < 4.78 is 27.7. The Balaban J connectivity index is 1.23. The van der Waals surface area contributed by atoms with E-state index in [4.69, 9.17) is 33.6 Å². The van der Waals surface area contributed by atoms with E-state index in [0.29, 0.717) is 11.1 Å². The van der Waals surface area contributed by atoms with E-state index in [-0.39, 0.29) is 39.5 Å². The molecule has 1 saturated carbocycles. The summed E-state index contributed by atoms with van der Waals surface area (Å²) in [7, 11) is 0. The molecule has 4 saturated heterocycles. The second kappa shape index (κ2) is 13.2. The number of aliphatic hydroxyl groups excluding tert-OH is 2. The number of nitrogens with zero attached hydrogens (tertiary/aromatic N) is 1. The Morgan fingerprint density at radius 3 is 2.65 bits per heavy atom. The molecular formula is C32H39N3O13. The molecule has 6 rings (SSSR count). The van der Waals surface area contributed by atoms with Gasteiger partial charge in [0.25, 0.3) is 0 Å². The van der Waals surface area contributed by atoms with Crippen molar-refractivity contribution in [3.63, 3.8) is 0 Å². The second-order valence-electron chi connectivity index (χ2n) is 13.3. The predicted octanol–water partition coefficient (Wildman–Crippen LogP) is -1.29. The SMILES string of the molecule is C[C@H](O)[C@@H](NC(=O)[C@@]12C[C@H]3OC(=O)[C@@H]1N(Cc1cccc(C=CC(=O)O[C@H]4C(=O)OCC4(C)C)c1)O[C@@H]2[C@H]1OCO[C@H]13)C(=O)NCCO. The van der Waals surface area contributed by atoms with Crippen LogP contribution in [-0.4, -0.2) is 120 Å². The van der Waals surface area contributed by atoms with Crippen molar-refractivity contribution in [1.29, 1.82) is 0 Å². The Morgan fingerprint density at radius 1 is 1.17 bits per heavy atom. The smallest absolute Gasteiger partial charge is 0.348 e. The highest BCUT2D eigenvalue weighted by molar-refractivity contribution is 5.96. The van der Waals surface area contributed by atoms with Crippen LogP contribution in [0.1, 0.15) is 38.3 Å². The van der Waals surface area contributed by atoms with Crippen molar-refractivity contribution in [2.75, 3.05) is 26.6 Å². The van der Waals surface area contributed by atoms with Gasteiger partial charge in [-0.05, 0) is 24.1 Å². The van der Waals surface area contributed by atoms with Gasteiger partial charge in [0.2, 0.25) is 17.9 Å². The Bertz CT molecular complexity index is 1500. The number of benzene rings is 1. The summed E-state index contributed by atoms with van der Waals surface area (Å²) in [5, 5.41) is 25.9. The van der Waals surface area contributed by atoms with Crippen molar-refractivity contribution in [2.24, 2.45) is 10.8 Å². The molecule has 9 atom stereocenters. The largest absolute Gasteiger partial charge is 0.462 e. The van der Waals surface area contributed by atoms with Gasteiger partial charge in [0.05, 0.1) is 19.3 Å². The average molecular weight is 674 g/mol. The van der Waals surface area contributed by atoms with Crippen molar-refractivity contribution in [3.05, 3.63) is 41.5 Å². The van der Waals surface area contributed by atoms with Crippen molar-refractivity contribution >= 4 is 35.8 Å².